The Morgan fingerprint density at radius 2 is 1.57 bits per heavy atom. The van der Waals surface area contributed by atoms with E-state index in [-0.39, 0.29) is 0 Å². The first-order valence-electron chi connectivity index (χ1n) is 12.9. The van der Waals surface area contributed by atoms with Crippen LogP contribution in [-0.2, 0) is 24.1 Å². The number of fused-ring (bicyclic) bond motifs is 2. The van der Waals surface area contributed by atoms with Gasteiger partial charge in [0, 0.05) is 21.4 Å². The normalized spacial score (nSPS) is 12.2. The van der Waals surface area contributed by atoms with Crippen molar-refractivity contribution >= 4 is 38.2 Å². The molecule has 0 saturated carbocycles. The number of aryl methyl sites for hydroxylation is 4. The van der Waals surface area contributed by atoms with Gasteiger partial charge in [0.1, 0.15) is 5.75 Å². The number of benzene rings is 4. The van der Waals surface area contributed by atoms with E-state index in [0.29, 0.717) is 12.2 Å². The molecule has 4 heteroatoms. The van der Waals surface area contributed by atoms with E-state index >= 15 is 0 Å². The molecule has 0 bridgehead atoms. The van der Waals surface area contributed by atoms with Gasteiger partial charge in [0.2, 0.25) is 0 Å². The molecule has 5 rings (SSSR count). The molecule has 0 saturated heterocycles. The van der Waals surface area contributed by atoms with Crippen LogP contribution in [0.25, 0.3) is 32.0 Å². The Labute approximate surface area is 222 Å². The van der Waals surface area contributed by atoms with Crippen LogP contribution in [0.5, 0.6) is 5.75 Å². The zero-order chi connectivity index (χ0) is 26.1. The summed E-state index contributed by atoms with van der Waals surface area (Å²) in [5.74, 6) is -0.232. The second-order valence-corrected chi connectivity index (χ2v) is 10.9. The zero-order valence-electron chi connectivity index (χ0n) is 21.8. The number of hydrogen-bond acceptors (Lipinski definition) is 3. The van der Waals surface area contributed by atoms with Crippen molar-refractivity contribution in [2.24, 2.45) is 0 Å². The number of thiophene rings is 1. The SMILES string of the molecule is CCc1cc(-c2c3ccccc3cc3sc(C)c(C)c23)cc(CC)c1OC(Cc1ccccc1)C(=O)O. The van der Waals surface area contributed by atoms with E-state index in [1.54, 1.807) is 0 Å². The number of carbonyl (C=O) groups is 1. The van der Waals surface area contributed by atoms with Crippen LogP contribution in [0.3, 0.4) is 0 Å². The summed E-state index contributed by atoms with van der Waals surface area (Å²) in [6, 6.07) is 25.0. The van der Waals surface area contributed by atoms with E-state index in [4.69, 9.17) is 4.74 Å². The average Bonchev–Trinajstić information content (AvgIpc) is 3.19. The van der Waals surface area contributed by atoms with E-state index in [1.165, 1.54) is 42.4 Å². The Bertz CT molecular complexity index is 1570. The molecule has 1 heterocycles. The highest BCUT2D eigenvalue weighted by molar-refractivity contribution is 7.19. The van der Waals surface area contributed by atoms with Gasteiger partial charge in [-0.15, -0.1) is 11.3 Å². The van der Waals surface area contributed by atoms with E-state index in [2.05, 4.69) is 70.2 Å². The van der Waals surface area contributed by atoms with E-state index in [9.17, 15) is 9.90 Å². The Kier molecular flexibility index (Phi) is 7.03. The maximum Gasteiger partial charge on any atom is 0.345 e. The second kappa shape index (κ2) is 10.4. The summed E-state index contributed by atoms with van der Waals surface area (Å²) in [7, 11) is 0. The monoisotopic (exact) mass is 508 g/mol. The van der Waals surface area contributed by atoms with Gasteiger partial charge in [0.15, 0.2) is 6.10 Å². The second-order valence-electron chi connectivity index (χ2n) is 9.59. The van der Waals surface area contributed by atoms with Gasteiger partial charge < -0.3 is 9.84 Å². The number of carboxylic acids is 1. The fourth-order valence-electron chi connectivity index (χ4n) is 5.22. The van der Waals surface area contributed by atoms with Crippen molar-refractivity contribution in [3.05, 3.63) is 99.9 Å². The van der Waals surface area contributed by atoms with Gasteiger partial charge in [-0.1, -0.05) is 68.4 Å². The Morgan fingerprint density at radius 3 is 2.22 bits per heavy atom. The molecule has 188 valence electrons. The topological polar surface area (TPSA) is 46.5 Å². The molecule has 37 heavy (non-hydrogen) atoms. The Morgan fingerprint density at radius 1 is 0.919 bits per heavy atom. The standard InChI is InChI=1S/C33H32O3S/c1-5-23-17-26(31-27-15-11-10-14-25(27)19-29-30(31)20(3)21(4)37-29)18-24(6-2)32(23)36-28(33(34)35)16-22-12-8-7-9-13-22/h7-15,17-19,28H,5-6,16H2,1-4H3,(H,34,35). The minimum atomic E-state index is -0.949. The van der Waals surface area contributed by atoms with Crippen LogP contribution in [0.4, 0.5) is 0 Å². The van der Waals surface area contributed by atoms with Crippen molar-refractivity contribution in [1.82, 2.24) is 0 Å². The minimum Gasteiger partial charge on any atom is -0.478 e. The van der Waals surface area contributed by atoms with Crippen molar-refractivity contribution in [3.63, 3.8) is 0 Å². The summed E-state index contributed by atoms with van der Waals surface area (Å²) in [6.07, 6.45) is 0.879. The van der Waals surface area contributed by atoms with E-state index < -0.39 is 12.1 Å². The molecule has 3 nitrogen and oxygen atoms in total. The first-order valence-corrected chi connectivity index (χ1v) is 13.7. The molecule has 0 aliphatic carbocycles. The molecule has 0 amide bonds. The summed E-state index contributed by atoms with van der Waals surface area (Å²) < 4.78 is 7.62. The third-order valence-corrected chi connectivity index (χ3v) is 8.43. The molecule has 0 radical (unpaired) electrons. The van der Waals surface area contributed by atoms with Crippen molar-refractivity contribution in [2.75, 3.05) is 0 Å². The van der Waals surface area contributed by atoms with Gasteiger partial charge in [-0.3, -0.25) is 0 Å². The first-order chi connectivity index (χ1) is 17.9. The Balaban J connectivity index is 1.67. The molecule has 0 fully saturated rings. The van der Waals surface area contributed by atoms with Gasteiger partial charge >= 0.3 is 5.97 Å². The lowest BCUT2D eigenvalue weighted by atomic mass is 9.89. The number of carboxylic acid groups (broad SMARTS) is 1. The van der Waals surface area contributed by atoms with Crippen LogP contribution in [0.1, 0.15) is 41.0 Å². The highest BCUT2D eigenvalue weighted by Gasteiger charge is 2.24. The summed E-state index contributed by atoms with van der Waals surface area (Å²) in [6.45, 7) is 8.62. The fourth-order valence-corrected chi connectivity index (χ4v) is 6.35. The smallest absolute Gasteiger partial charge is 0.345 e. The van der Waals surface area contributed by atoms with Crippen molar-refractivity contribution in [3.8, 4) is 16.9 Å². The average molecular weight is 509 g/mol. The molecule has 0 spiro atoms. The predicted molar refractivity (Wildman–Crippen MR) is 155 cm³/mol. The number of aliphatic carboxylic acids is 1. The maximum absolute atomic E-state index is 12.2. The van der Waals surface area contributed by atoms with Gasteiger partial charge in [-0.25, -0.2) is 4.79 Å². The first kappa shape index (κ1) is 25.0. The van der Waals surface area contributed by atoms with Gasteiger partial charge in [-0.05, 0) is 89.0 Å². The third-order valence-electron chi connectivity index (χ3n) is 7.27. The quantitative estimate of drug-likeness (QED) is 0.228. The molecular formula is C33H32O3S. The van der Waals surface area contributed by atoms with Crippen LogP contribution in [-0.4, -0.2) is 17.2 Å². The highest BCUT2D eigenvalue weighted by atomic mass is 32.1. The predicted octanol–water partition coefficient (Wildman–Crippen LogP) is 8.54. The molecule has 4 aromatic carbocycles. The Hall–Kier alpha value is -3.63. The molecule has 0 aliphatic rings. The minimum absolute atomic E-state index is 0.321. The van der Waals surface area contributed by atoms with Crippen LogP contribution in [0, 0.1) is 13.8 Å². The molecule has 1 N–H and O–H groups in total. The van der Waals surface area contributed by atoms with Crippen LogP contribution >= 0.6 is 11.3 Å². The number of hydrogen-bond donors (Lipinski definition) is 1. The van der Waals surface area contributed by atoms with Crippen LogP contribution in [0.15, 0.2) is 72.8 Å². The van der Waals surface area contributed by atoms with Crippen molar-refractivity contribution in [1.29, 1.82) is 0 Å². The van der Waals surface area contributed by atoms with Gasteiger partial charge in [-0.2, -0.15) is 0 Å². The fraction of sp³-hybridized carbons (Fsp3) is 0.242. The molecule has 5 aromatic rings. The molecular weight excluding hydrogens is 476 g/mol. The largest absolute Gasteiger partial charge is 0.478 e. The summed E-state index contributed by atoms with van der Waals surface area (Å²) in [4.78, 5) is 13.5. The summed E-state index contributed by atoms with van der Waals surface area (Å²) in [5, 5.41) is 13.8. The molecule has 1 unspecified atom stereocenters. The van der Waals surface area contributed by atoms with E-state index in [0.717, 1.165) is 29.5 Å². The summed E-state index contributed by atoms with van der Waals surface area (Å²) in [5.41, 5.74) is 6.78. The molecule has 1 atom stereocenters. The lowest BCUT2D eigenvalue weighted by Gasteiger charge is -2.22. The highest BCUT2D eigenvalue weighted by Crippen LogP contribution is 2.44. The lowest BCUT2D eigenvalue weighted by Crippen LogP contribution is -2.30. The van der Waals surface area contributed by atoms with Crippen molar-refractivity contribution < 1.29 is 14.6 Å². The maximum atomic E-state index is 12.2. The van der Waals surface area contributed by atoms with E-state index in [1.807, 2.05) is 41.7 Å². The molecule has 0 aliphatic heterocycles. The van der Waals surface area contributed by atoms with Gasteiger partial charge in [0.25, 0.3) is 0 Å². The molecule has 1 aromatic heterocycles. The third kappa shape index (κ3) is 4.74. The number of rotatable bonds is 8. The lowest BCUT2D eigenvalue weighted by molar-refractivity contribution is -0.145. The van der Waals surface area contributed by atoms with Crippen LogP contribution in [0.2, 0.25) is 0 Å². The number of ether oxygens (including phenoxy) is 1. The van der Waals surface area contributed by atoms with Gasteiger partial charge in [0.05, 0.1) is 0 Å². The zero-order valence-corrected chi connectivity index (χ0v) is 22.6. The van der Waals surface area contributed by atoms with Crippen LogP contribution < -0.4 is 4.74 Å². The van der Waals surface area contributed by atoms with Crippen molar-refractivity contribution in [2.45, 2.75) is 53.1 Å². The summed E-state index contributed by atoms with van der Waals surface area (Å²) >= 11 is 1.85.